The average Bonchev–Trinajstić information content (AvgIpc) is 3.43. The fraction of sp³-hybridized carbons (Fsp3) is 0.657. The Labute approximate surface area is 461 Å². The molecule has 0 aliphatic heterocycles. The van der Waals surface area contributed by atoms with Crippen molar-refractivity contribution in [2.75, 3.05) is 13.2 Å². The second-order valence-corrected chi connectivity index (χ2v) is 22.4. The summed E-state index contributed by atoms with van der Waals surface area (Å²) in [5, 5.41) is 0. The first-order valence-corrected chi connectivity index (χ1v) is 31.8. The Morgan fingerprint density at radius 1 is 0.333 bits per heavy atom. The van der Waals surface area contributed by atoms with E-state index < -0.39 is 0 Å². The molecule has 0 fully saturated rings. The summed E-state index contributed by atoms with van der Waals surface area (Å²) in [4.78, 5) is 11.6. The zero-order valence-electron chi connectivity index (χ0n) is 48.8. The van der Waals surface area contributed by atoms with Gasteiger partial charge in [-0.2, -0.15) is 0 Å². The highest BCUT2D eigenvalue weighted by Crippen LogP contribution is 2.34. The molecule has 0 amide bonds. The van der Waals surface area contributed by atoms with E-state index in [0.29, 0.717) is 0 Å². The summed E-state index contributed by atoms with van der Waals surface area (Å²) in [5.74, 6) is 2.11. The molecule has 0 aromatic heterocycles. The van der Waals surface area contributed by atoms with Crippen LogP contribution in [0.1, 0.15) is 270 Å². The summed E-state index contributed by atoms with van der Waals surface area (Å²) in [5.41, 5.74) is 10.5. The van der Waals surface area contributed by atoms with Gasteiger partial charge in [0, 0.05) is 11.1 Å². The van der Waals surface area contributed by atoms with Crippen molar-refractivity contribution < 1.29 is 19.1 Å². The molecular weight excluding hydrogens is 919 g/mol. The van der Waals surface area contributed by atoms with E-state index in [1.54, 1.807) is 0 Å². The van der Waals surface area contributed by atoms with Gasteiger partial charge in [-0.1, -0.05) is 297 Å². The summed E-state index contributed by atoms with van der Waals surface area (Å²) in [7, 11) is 0. The van der Waals surface area contributed by atoms with Crippen LogP contribution < -0.4 is 15.1 Å². The summed E-state index contributed by atoms with van der Waals surface area (Å²) >= 11 is 0. The van der Waals surface area contributed by atoms with Gasteiger partial charge >= 0.3 is 0 Å². The van der Waals surface area contributed by atoms with E-state index in [4.69, 9.17) is 19.1 Å². The molecule has 5 nitrogen and oxygen atoms in total. The SMILES string of the molecule is CCCCCCCCCCCCOc1cc(CCCCCCCCCC(C)ONOC(C)CCCCCCCCCc2ccc(-c3ccccc3)c(OCCCCCCCCCCCC)c2)ccc1-c1ccccc1. The second-order valence-electron chi connectivity index (χ2n) is 22.4. The highest BCUT2D eigenvalue weighted by Gasteiger charge is 2.11. The number of hydrogen-bond donors (Lipinski definition) is 1. The molecule has 1 N–H and O–H groups in total. The molecule has 0 aliphatic rings. The molecule has 0 heterocycles. The third-order valence-corrected chi connectivity index (χ3v) is 15.4. The van der Waals surface area contributed by atoms with Gasteiger partial charge in [-0.25, -0.2) is 0 Å². The van der Waals surface area contributed by atoms with Crippen molar-refractivity contribution in [3.8, 4) is 33.8 Å². The maximum atomic E-state index is 6.48. The average molecular weight is 1030 g/mol. The molecule has 2 unspecified atom stereocenters. The van der Waals surface area contributed by atoms with Gasteiger partial charge in [-0.05, 0) is 99.6 Å². The number of hydrogen-bond acceptors (Lipinski definition) is 5. The van der Waals surface area contributed by atoms with Gasteiger partial charge in [0.05, 0.1) is 25.4 Å². The first kappa shape index (κ1) is 63.9. The summed E-state index contributed by atoms with van der Waals surface area (Å²) in [6.07, 6.45) is 49.4. The molecule has 0 bridgehead atoms. The van der Waals surface area contributed by atoms with Crippen LogP contribution in [0, 0.1) is 0 Å². The molecular formula is C70H111NO4. The van der Waals surface area contributed by atoms with Crippen LogP contribution in [0.2, 0.25) is 0 Å². The van der Waals surface area contributed by atoms with Crippen LogP contribution in [0.15, 0.2) is 97.1 Å². The van der Waals surface area contributed by atoms with Gasteiger partial charge in [0.25, 0.3) is 0 Å². The lowest BCUT2D eigenvalue weighted by Gasteiger charge is -2.16. The van der Waals surface area contributed by atoms with Gasteiger partial charge in [0.15, 0.2) is 0 Å². The largest absolute Gasteiger partial charge is 0.493 e. The van der Waals surface area contributed by atoms with Gasteiger partial charge in [-0.15, -0.1) is 0 Å². The lowest BCUT2D eigenvalue weighted by atomic mass is 9.99. The summed E-state index contributed by atoms with van der Waals surface area (Å²) < 4.78 is 13.0. The van der Waals surface area contributed by atoms with E-state index in [1.165, 1.54) is 239 Å². The molecule has 75 heavy (non-hydrogen) atoms. The smallest absolute Gasteiger partial charge is 0.127 e. The maximum absolute atomic E-state index is 6.48. The normalized spacial score (nSPS) is 12.3. The molecule has 4 aromatic rings. The van der Waals surface area contributed by atoms with Crippen LogP contribution >= 0.6 is 0 Å². The lowest BCUT2D eigenvalue weighted by molar-refractivity contribution is -0.217. The van der Waals surface area contributed by atoms with E-state index >= 15 is 0 Å². The fourth-order valence-corrected chi connectivity index (χ4v) is 10.5. The molecule has 2 atom stereocenters. The highest BCUT2D eigenvalue weighted by molar-refractivity contribution is 5.71. The minimum atomic E-state index is 0.150. The number of unbranched alkanes of at least 4 members (excludes halogenated alkanes) is 30. The summed E-state index contributed by atoms with van der Waals surface area (Å²) in [6, 6.07) is 35.3. The zero-order chi connectivity index (χ0) is 52.9. The topological polar surface area (TPSA) is 49.0 Å². The van der Waals surface area contributed by atoms with Crippen molar-refractivity contribution in [3.05, 3.63) is 108 Å². The van der Waals surface area contributed by atoms with Crippen molar-refractivity contribution in [3.63, 3.8) is 0 Å². The quantitative estimate of drug-likeness (QED) is 0.0353. The maximum Gasteiger partial charge on any atom is 0.127 e. The zero-order valence-corrected chi connectivity index (χ0v) is 48.8. The molecule has 0 radical (unpaired) electrons. The Morgan fingerprint density at radius 3 is 0.987 bits per heavy atom. The van der Waals surface area contributed by atoms with E-state index in [-0.39, 0.29) is 12.2 Å². The number of rotatable bonds is 50. The molecule has 4 rings (SSSR count). The fourth-order valence-electron chi connectivity index (χ4n) is 10.5. The minimum absolute atomic E-state index is 0.150. The Hall–Kier alpha value is -3.64. The lowest BCUT2D eigenvalue weighted by Crippen LogP contribution is -2.26. The van der Waals surface area contributed by atoms with E-state index in [2.05, 4.69) is 130 Å². The van der Waals surface area contributed by atoms with Gasteiger partial charge in [0.2, 0.25) is 0 Å². The number of aryl methyl sites for hydroxylation is 2. The van der Waals surface area contributed by atoms with Gasteiger partial charge < -0.3 is 9.47 Å². The Morgan fingerprint density at radius 2 is 0.640 bits per heavy atom. The van der Waals surface area contributed by atoms with Crippen molar-refractivity contribution in [1.82, 2.24) is 5.64 Å². The van der Waals surface area contributed by atoms with E-state index in [0.717, 1.165) is 63.2 Å². The first-order chi connectivity index (χ1) is 37.1. The molecule has 0 saturated heterocycles. The van der Waals surface area contributed by atoms with Crippen LogP contribution in [0.3, 0.4) is 0 Å². The molecule has 420 valence electrons. The number of ether oxygens (including phenoxy) is 2. The van der Waals surface area contributed by atoms with Crippen molar-refractivity contribution >= 4 is 0 Å². The van der Waals surface area contributed by atoms with Crippen LogP contribution in [0.5, 0.6) is 11.5 Å². The van der Waals surface area contributed by atoms with Gasteiger partial charge in [-0.3, -0.25) is 9.68 Å². The Balaban J connectivity index is 0.953. The Kier molecular flexibility index (Phi) is 37.8. The minimum Gasteiger partial charge on any atom is -0.493 e. The molecule has 4 aromatic carbocycles. The Bertz CT molecular complexity index is 1760. The monoisotopic (exact) mass is 1030 g/mol. The van der Waals surface area contributed by atoms with Crippen molar-refractivity contribution in [2.24, 2.45) is 0 Å². The van der Waals surface area contributed by atoms with Crippen LogP contribution in [0.25, 0.3) is 22.3 Å². The van der Waals surface area contributed by atoms with Crippen LogP contribution in [-0.4, -0.2) is 25.4 Å². The second kappa shape index (κ2) is 44.4. The van der Waals surface area contributed by atoms with Crippen molar-refractivity contribution in [2.45, 2.75) is 284 Å². The third kappa shape index (κ3) is 31.4. The third-order valence-electron chi connectivity index (χ3n) is 15.4. The predicted molar refractivity (Wildman–Crippen MR) is 324 cm³/mol. The number of benzene rings is 4. The standard InChI is InChI=1S/C70H111NO4/c1-5-7-9-11-13-15-17-25-31-43-57-72-69-59-63(53-55-67(69)65-49-39-33-40-50-65)47-37-29-23-19-21-27-35-45-61(3)74-71-75-62(4)46-36-28-22-20-24-30-38-48-64-54-56-68(66-51-41-34-42-52-66)70(60-64)73-58-44-32-26-18-16-14-12-10-8-6-2/h33-34,39-42,49-56,59-62,71H,5-32,35-38,43-48,57-58H2,1-4H3. The van der Waals surface area contributed by atoms with Gasteiger partial charge in [0.1, 0.15) is 11.5 Å². The predicted octanol–water partition coefficient (Wildman–Crippen LogP) is 21.9. The van der Waals surface area contributed by atoms with E-state index in [1.807, 2.05) is 0 Å². The molecule has 0 saturated carbocycles. The van der Waals surface area contributed by atoms with E-state index in [9.17, 15) is 0 Å². The number of nitrogens with one attached hydrogen (secondary N) is 1. The molecule has 0 spiro atoms. The molecule has 5 heteroatoms. The van der Waals surface area contributed by atoms with Crippen molar-refractivity contribution in [1.29, 1.82) is 0 Å². The van der Waals surface area contributed by atoms with Crippen LogP contribution in [-0.2, 0) is 22.5 Å². The highest BCUT2D eigenvalue weighted by atomic mass is 16.9. The summed E-state index contributed by atoms with van der Waals surface area (Å²) in [6.45, 7) is 10.5. The van der Waals surface area contributed by atoms with Crippen LogP contribution in [0.4, 0.5) is 0 Å². The molecule has 0 aliphatic carbocycles. The first-order valence-electron chi connectivity index (χ1n) is 31.8.